The van der Waals surface area contributed by atoms with Crippen LogP contribution in [0, 0.1) is 0 Å². The molecule has 0 N–H and O–H groups in total. The highest BCUT2D eigenvalue weighted by Gasteiger charge is 2.14. The third-order valence-corrected chi connectivity index (χ3v) is 2.88. The molecule has 1 heterocycles. The van der Waals surface area contributed by atoms with Gasteiger partial charge in [-0.15, -0.1) is 0 Å². The number of nitrogens with zero attached hydrogens (tertiary/aromatic N) is 3. The number of rotatable bonds is 3. The van der Waals surface area contributed by atoms with Crippen LogP contribution in [0.5, 0.6) is 0 Å². The Balaban J connectivity index is 1.81. The summed E-state index contributed by atoms with van der Waals surface area (Å²) in [7, 11) is 0. The molecule has 0 saturated carbocycles. The van der Waals surface area contributed by atoms with Crippen LogP contribution in [0.1, 0.15) is 12.5 Å². The van der Waals surface area contributed by atoms with E-state index in [0.29, 0.717) is 0 Å². The first kappa shape index (κ1) is 11.1. The number of hydrogen-bond acceptors (Lipinski definition) is 3. The molecule has 1 saturated heterocycles. The fourth-order valence-corrected chi connectivity index (χ4v) is 2.02. The van der Waals surface area contributed by atoms with Gasteiger partial charge in [0, 0.05) is 38.9 Å². The summed E-state index contributed by atoms with van der Waals surface area (Å²) < 4.78 is 0. The van der Waals surface area contributed by atoms with Gasteiger partial charge in [-0.2, -0.15) is 5.10 Å². The lowest BCUT2D eigenvalue weighted by atomic mass is 10.2. The minimum absolute atomic E-state index is 1.04. The predicted molar refractivity (Wildman–Crippen MR) is 67.5 cm³/mol. The maximum atomic E-state index is 4.31. The Labute approximate surface area is 97.4 Å². The number of hydrogen-bond donors (Lipinski definition) is 0. The molecule has 1 aliphatic heterocycles. The second-order valence-corrected chi connectivity index (χ2v) is 4.09. The van der Waals surface area contributed by atoms with Crippen LogP contribution in [0.3, 0.4) is 0 Å². The average Bonchev–Trinajstić information content (AvgIpc) is 2.33. The molecule has 1 aromatic carbocycles. The quantitative estimate of drug-likeness (QED) is 0.719. The second kappa shape index (κ2) is 5.66. The summed E-state index contributed by atoms with van der Waals surface area (Å²) in [6.07, 6.45) is 1.87. The van der Waals surface area contributed by atoms with Gasteiger partial charge >= 0.3 is 0 Å². The first-order valence-corrected chi connectivity index (χ1v) is 5.88. The van der Waals surface area contributed by atoms with Crippen molar-refractivity contribution in [3.05, 3.63) is 35.9 Å². The summed E-state index contributed by atoms with van der Waals surface area (Å²) >= 11 is 0. The number of piperazine rings is 1. The molecule has 0 spiro atoms. The Morgan fingerprint density at radius 3 is 2.44 bits per heavy atom. The van der Waals surface area contributed by atoms with Crippen molar-refractivity contribution in [3.8, 4) is 0 Å². The molecule has 1 fully saturated rings. The molecule has 0 aromatic heterocycles. The topological polar surface area (TPSA) is 18.8 Å². The molecule has 2 rings (SSSR count). The van der Waals surface area contributed by atoms with E-state index in [9.17, 15) is 0 Å². The van der Waals surface area contributed by atoms with Gasteiger partial charge in [0.15, 0.2) is 0 Å². The third kappa shape index (κ3) is 3.07. The Morgan fingerprint density at radius 2 is 1.81 bits per heavy atom. The monoisotopic (exact) mass is 217 g/mol. The average molecular weight is 217 g/mol. The second-order valence-electron chi connectivity index (χ2n) is 4.09. The van der Waals surface area contributed by atoms with E-state index < -0.39 is 0 Å². The van der Waals surface area contributed by atoms with Gasteiger partial charge in [-0.05, 0) is 12.5 Å². The summed E-state index contributed by atoms with van der Waals surface area (Å²) in [5.41, 5.74) is 1.40. The molecular weight excluding hydrogens is 198 g/mol. The lowest BCUT2D eigenvalue weighted by Crippen LogP contribution is -2.43. The van der Waals surface area contributed by atoms with Crippen LogP contribution in [-0.4, -0.2) is 42.3 Å². The van der Waals surface area contributed by atoms with Crippen molar-refractivity contribution in [1.82, 2.24) is 9.91 Å². The van der Waals surface area contributed by atoms with Crippen molar-refractivity contribution in [2.24, 2.45) is 5.10 Å². The van der Waals surface area contributed by atoms with Crippen LogP contribution in [0.15, 0.2) is 35.4 Å². The van der Waals surface area contributed by atoms with E-state index in [4.69, 9.17) is 0 Å². The van der Waals surface area contributed by atoms with E-state index in [1.807, 2.05) is 13.1 Å². The van der Waals surface area contributed by atoms with Crippen LogP contribution in [0.2, 0.25) is 0 Å². The van der Waals surface area contributed by atoms with Crippen molar-refractivity contribution in [1.29, 1.82) is 0 Å². The van der Waals surface area contributed by atoms with Crippen LogP contribution >= 0.6 is 0 Å². The van der Waals surface area contributed by atoms with E-state index in [1.165, 1.54) is 5.56 Å². The number of benzene rings is 1. The van der Waals surface area contributed by atoms with Crippen molar-refractivity contribution in [2.75, 3.05) is 26.2 Å². The van der Waals surface area contributed by atoms with E-state index in [1.54, 1.807) is 0 Å². The largest absolute Gasteiger partial charge is 0.295 e. The van der Waals surface area contributed by atoms with Gasteiger partial charge in [0.25, 0.3) is 0 Å². The SMILES string of the molecule is CC=NN1CCN(Cc2ccccc2)CC1. The fraction of sp³-hybridized carbons (Fsp3) is 0.462. The van der Waals surface area contributed by atoms with Gasteiger partial charge < -0.3 is 0 Å². The predicted octanol–water partition coefficient (Wildman–Crippen LogP) is 1.81. The molecule has 86 valence electrons. The Bertz CT molecular complexity index is 326. The van der Waals surface area contributed by atoms with Crippen LogP contribution in [0.4, 0.5) is 0 Å². The summed E-state index contributed by atoms with van der Waals surface area (Å²) in [4.78, 5) is 2.48. The van der Waals surface area contributed by atoms with Gasteiger partial charge in [-0.25, -0.2) is 0 Å². The van der Waals surface area contributed by atoms with Crippen LogP contribution in [-0.2, 0) is 6.54 Å². The van der Waals surface area contributed by atoms with E-state index >= 15 is 0 Å². The molecule has 1 aliphatic rings. The molecule has 0 amide bonds. The van der Waals surface area contributed by atoms with Crippen molar-refractivity contribution in [3.63, 3.8) is 0 Å². The van der Waals surface area contributed by atoms with Crippen LogP contribution < -0.4 is 0 Å². The zero-order valence-electron chi connectivity index (χ0n) is 9.84. The standard InChI is InChI=1S/C13H19N3/c1-2-14-16-10-8-15(9-11-16)12-13-6-4-3-5-7-13/h2-7H,8-12H2,1H3. The maximum Gasteiger partial charge on any atom is 0.0488 e. The van der Waals surface area contributed by atoms with Gasteiger partial charge in [-0.3, -0.25) is 9.91 Å². The lowest BCUT2D eigenvalue weighted by molar-refractivity contribution is 0.131. The van der Waals surface area contributed by atoms with E-state index in [2.05, 4.69) is 45.3 Å². The zero-order chi connectivity index (χ0) is 11.2. The highest BCUT2D eigenvalue weighted by atomic mass is 15.5. The van der Waals surface area contributed by atoms with E-state index in [-0.39, 0.29) is 0 Å². The maximum absolute atomic E-state index is 4.31. The summed E-state index contributed by atoms with van der Waals surface area (Å²) in [6, 6.07) is 10.7. The summed E-state index contributed by atoms with van der Waals surface area (Å²) in [5.74, 6) is 0. The van der Waals surface area contributed by atoms with E-state index in [0.717, 1.165) is 32.7 Å². The molecule has 0 aliphatic carbocycles. The van der Waals surface area contributed by atoms with Gasteiger partial charge in [0.2, 0.25) is 0 Å². The van der Waals surface area contributed by atoms with Gasteiger partial charge in [0.1, 0.15) is 0 Å². The van der Waals surface area contributed by atoms with Crippen LogP contribution in [0.25, 0.3) is 0 Å². The molecule has 0 atom stereocenters. The molecule has 3 heteroatoms. The molecule has 0 bridgehead atoms. The van der Waals surface area contributed by atoms with Crippen molar-refractivity contribution in [2.45, 2.75) is 13.5 Å². The van der Waals surface area contributed by atoms with Crippen molar-refractivity contribution < 1.29 is 0 Å². The smallest absolute Gasteiger partial charge is 0.0488 e. The van der Waals surface area contributed by atoms with Gasteiger partial charge in [-0.1, -0.05) is 30.3 Å². The molecule has 3 nitrogen and oxygen atoms in total. The lowest BCUT2D eigenvalue weighted by Gasteiger charge is -2.32. The normalized spacial score (nSPS) is 18.2. The fourth-order valence-electron chi connectivity index (χ4n) is 2.02. The third-order valence-electron chi connectivity index (χ3n) is 2.88. The molecule has 0 radical (unpaired) electrons. The minimum atomic E-state index is 1.04. The molecular formula is C13H19N3. The summed E-state index contributed by atoms with van der Waals surface area (Å²) in [6.45, 7) is 7.31. The molecule has 1 aromatic rings. The first-order valence-electron chi connectivity index (χ1n) is 5.88. The minimum Gasteiger partial charge on any atom is -0.295 e. The zero-order valence-corrected chi connectivity index (χ0v) is 9.84. The number of hydrazone groups is 1. The summed E-state index contributed by atoms with van der Waals surface area (Å²) in [5, 5.41) is 6.45. The molecule has 16 heavy (non-hydrogen) atoms. The Morgan fingerprint density at radius 1 is 1.12 bits per heavy atom. The molecule has 0 unspecified atom stereocenters. The van der Waals surface area contributed by atoms with Gasteiger partial charge in [0.05, 0.1) is 0 Å². The Hall–Kier alpha value is -1.35. The Kier molecular flexibility index (Phi) is 3.94. The first-order chi connectivity index (χ1) is 7.88. The highest BCUT2D eigenvalue weighted by molar-refractivity contribution is 5.52. The highest BCUT2D eigenvalue weighted by Crippen LogP contribution is 2.08. The van der Waals surface area contributed by atoms with Crippen molar-refractivity contribution >= 4 is 6.21 Å².